The van der Waals surface area contributed by atoms with Crippen LogP contribution in [0, 0.1) is 6.92 Å². The minimum absolute atomic E-state index is 0.000301. The number of aryl methyl sites for hydroxylation is 1. The first-order valence-corrected chi connectivity index (χ1v) is 4.91. The van der Waals surface area contributed by atoms with E-state index in [9.17, 15) is 22.4 Å². The van der Waals surface area contributed by atoms with Crippen molar-refractivity contribution in [2.24, 2.45) is 0 Å². The molecule has 0 spiro atoms. The van der Waals surface area contributed by atoms with Gasteiger partial charge in [0.1, 0.15) is 5.75 Å². The Morgan fingerprint density at radius 1 is 1.39 bits per heavy atom. The van der Waals surface area contributed by atoms with E-state index in [-0.39, 0.29) is 5.69 Å². The average molecular weight is 265 g/mol. The molecule has 0 unspecified atom stereocenters. The van der Waals surface area contributed by atoms with Crippen LogP contribution in [0.25, 0.3) is 0 Å². The first-order chi connectivity index (χ1) is 8.28. The summed E-state index contributed by atoms with van der Waals surface area (Å²) in [7, 11) is 1.35. The molecule has 100 valence electrons. The zero-order valence-corrected chi connectivity index (χ0v) is 9.64. The number of ether oxygens (including phenoxy) is 1. The molecule has 0 heterocycles. The number of hydrogen-bond donors (Lipinski definition) is 1. The summed E-state index contributed by atoms with van der Waals surface area (Å²) in [6, 6.07) is 4.33. The first-order valence-electron chi connectivity index (χ1n) is 4.91. The molecule has 0 aliphatic heterocycles. The second kappa shape index (κ2) is 5.24. The van der Waals surface area contributed by atoms with Gasteiger partial charge in [-0.25, -0.2) is 8.78 Å². The Balaban J connectivity index is 2.94. The summed E-state index contributed by atoms with van der Waals surface area (Å²) in [5, 5.41) is 1.76. The van der Waals surface area contributed by atoms with Gasteiger partial charge < -0.3 is 10.1 Å². The van der Waals surface area contributed by atoms with Crippen LogP contribution in [0.3, 0.4) is 0 Å². The lowest BCUT2D eigenvalue weighted by molar-refractivity contribution is -0.163. The summed E-state index contributed by atoms with van der Waals surface area (Å²) < 4.78 is 54.3. The highest BCUT2D eigenvalue weighted by atomic mass is 19.3. The fourth-order valence-electron chi connectivity index (χ4n) is 1.17. The number of nitrogens with one attached hydrogen (secondary N) is 1. The number of halogens is 4. The van der Waals surface area contributed by atoms with Gasteiger partial charge in [0.25, 0.3) is 0 Å². The molecular weight excluding hydrogens is 254 g/mol. The standard InChI is InChI=1S/C11H11F4NO2/c1-6-3-4-7(18-2)5-8(6)16-10(17)11(14,15)9(12)13/h3-5,9H,1-2H3,(H,16,17). The Kier molecular flexibility index (Phi) is 4.15. The van der Waals surface area contributed by atoms with Gasteiger partial charge in [0.05, 0.1) is 7.11 Å². The van der Waals surface area contributed by atoms with Gasteiger partial charge in [-0.05, 0) is 18.6 Å². The lowest BCUT2D eigenvalue weighted by atomic mass is 10.2. The topological polar surface area (TPSA) is 38.3 Å². The predicted octanol–water partition coefficient (Wildman–Crippen LogP) is 2.84. The largest absolute Gasteiger partial charge is 0.497 e. The summed E-state index contributed by atoms with van der Waals surface area (Å²) >= 11 is 0. The van der Waals surface area contributed by atoms with Crippen LogP contribution in [0.2, 0.25) is 0 Å². The second-order valence-electron chi connectivity index (χ2n) is 3.56. The number of methoxy groups -OCH3 is 1. The smallest absolute Gasteiger partial charge is 0.383 e. The van der Waals surface area contributed by atoms with E-state index in [1.807, 2.05) is 0 Å². The van der Waals surface area contributed by atoms with Crippen molar-refractivity contribution in [1.82, 2.24) is 0 Å². The van der Waals surface area contributed by atoms with Crippen molar-refractivity contribution in [1.29, 1.82) is 0 Å². The van der Waals surface area contributed by atoms with Crippen LogP contribution < -0.4 is 10.1 Å². The Morgan fingerprint density at radius 3 is 2.50 bits per heavy atom. The lowest BCUT2D eigenvalue weighted by Gasteiger charge is -2.16. The molecule has 3 nitrogen and oxygen atoms in total. The summed E-state index contributed by atoms with van der Waals surface area (Å²) in [4.78, 5) is 11.0. The Bertz CT molecular complexity index is 449. The molecule has 0 saturated carbocycles. The summed E-state index contributed by atoms with van der Waals surface area (Å²) in [5.41, 5.74) is 0.453. The van der Waals surface area contributed by atoms with Gasteiger partial charge in [0.2, 0.25) is 0 Å². The zero-order chi connectivity index (χ0) is 13.9. The maximum Gasteiger partial charge on any atom is 0.383 e. The number of carbonyl (C=O) groups is 1. The molecule has 1 amide bonds. The molecule has 0 bridgehead atoms. The van der Waals surface area contributed by atoms with E-state index < -0.39 is 18.3 Å². The SMILES string of the molecule is COc1ccc(C)c(NC(=O)C(F)(F)C(F)F)c1. The van der Waals surface area contributed by atoms with Gasteiger partial charge in [-0.1, -0.05) is 6.07 Å². The van der Waals surface area contributed by atoms with Gasteiger partial charge in [0, 0.05) is 11.8 Å². The highest BCUT2D eigenvalue weighted by Gasteiger charge is 2.49. The highest BCUT2D eigenvalue weighted by molar-refractivity contribution is 5.97. The van der Waals surface area contributed by atoms with Crippen LogP contribution in [0.5, 0.6) is 5.75 Å². The molecule has 0 aromatic heterocycles. The fourth-order valence-corrected chi connectivity index (χ4v) is 1.17. The average Bonchev–Trinajstić information content (AvgIpc) is 2.31. The molecule has 0 aliphatic rings. The van der Waals surface area contributed by atoms with Crippen LogP contribution in [0.4, 0.5) is 23.2 Å². The third kappa shape index (κ3) is 2.91. The molecule has 1 aromatic rings. The summed E-state index contributed by atoms with van der Waals surface area (Å²) in [6.07, 6.45) is -4.05. The molecule has 18 heavy (non-hydrogen) atoms. The van der Waals surface area contributed by atoms with Crippen molar-refractivity contribution >= 4 is 11.6 Å². The minimum Gasteiger partial charge on any atom is -0.497 e. The lowest BCUT2D eigenvalue weighted by Crippen LogP contribution is -2.41. The minimum atomic E-state index is -4.73. The molecule has 0 atom stereocenters. The first kappa shape index (κ1) is 14.3. The molecule has 0 radical (unpaired) electrons. The molecule has 0 fully saturated rings. The number of anilines is 1. The van der Waals surface area contributed by atoms with E-state index in [2.05, 4.69) is 0 Å². The van der Waals surface area contributed by atoms with Crippen LogP contribution in [0.1, 0.15) is 5.56 Å². The van der Waals surface area contributed by atoms with Crippen molar-refractivity contribution in [3.8, 4) is 5.75 Å². The van der Waals surface area contributed by atoms with Crippen molar-refractivity contribution in [3.63, 3.8) is 0 Å². The highest BCUT2D eigenvalue weighted by Crippen LogP contribution is 2.27. The summed E-state index contributed by atoms with van der Waals surface area (Å²) in [5.74, 6) is -6.46. The number of benzene rings is 1. The zero-order valence-electron chi connectivity index (χ0n) is 9.64. The molecular formula is C11H11F4NO2. The number of hydrogen-bond acceptors (Lipinski definition) is 2. The number of carbonyl (C=O) groups excluding carboxylic acids is 1. The van der Waals surface area contributed by atoms with E-state index in [1.165, 1.54) is 26.2 Å². The van der Waals surface area contributed by atoms with Crippen molar-refractivity contribution in [2.45, 2.75) is 19.3 Å². The summed E-state index contributed by atoms with van der Waals surface area (Å²) in [6.45, 7) is 1.54. The fraction of sp³-hybridized carbons (Fsp3) is 0.364. The Morgan fingerprint density at radius 2 is 2.00 bits per heavy atom. The van der Waals surface area contributed by atoms with E-state index in [1.54, 1.807) is 11.4 Å². The van der Waals surface area contributed by atoms with Crippen molar-refractivity contribution in [3.05, 3.63) is 23.8 Å². The Labute approximate surface area is 101 Å². The monoisotopic (exact) mass is 265 g/mol. The van der Waals surface area contributed by atoms with Crippen LogP contribution >= 0.6 is 0 Å². The van der Waals surface area contributed by atoms with Crippen molar-refractivity contribution < 1.29 is 27.1 Å². The molecule has 0 aliphatic carbocycles. The molecule has 1 N–H and O–H groups in total. The van der Waals surface area contributed by atoms with Gasteiger partial charge >= 0.3 is 18.3 Å². The van der Waals surface area contributed by atoms with E-state index >= 15 is 0 Å². The number of amides is 1. The van der Waals surface area contributed by atoms with Gasteiger partial charge in [-0.2, -0.15) is 8.78 Å². The van der Waals surface area contributed by atoms with E-state index in [0.29, 0.717) is 11.3 Å². The van der Waals surface area contributed by atoms with E-state index in [4.69, 9.17) is 4.74 Å². The second-order valence-corrected chi connectivity index (χ2v) is 3.56. The Hall–Kier alpha value is -1.79. The van der Waals surface area contributed by atoms with Crippen LogP contribution in [-0.4, -0.2) is 25.4 Å². The number of alkyl halides is 4. The third-order valence-corrected chi connectivity index (χ3v) is 2.27. The van der Waals surface area contributed by atoms with E-state index in [0.717, 1.165) is 0 Å². The molecule has 0 saturated heterocycles. The quantitative estimate of drug-likeness (QED) is 0.850. The van der Waals surface area contributed by atoms with Gasteiger partial charge in [-0.3, -0.25) is 4.79 Å². The van der Waals surface area contributed by atoms with Crippen LogP contribution in [0.15, 0.2) is 18.2 Å². The molecule has 7 heteroatoms. The van der Waals surface area contributed by atoms with Crippen LogP contribution in [-0.2, 0) is 4.79 Å². The normalized spacial score (nSPS) is 11.5. The molecule has 1 aromatic carbocycles. The number of rotatable bonds is 4. The van der Waals surface area contributed by atoms with Gasteiger partial charge in [0.15, 0.2) is 0 Å². The van der Waals surface area contributed by atoms with Crippen molar-refractivity contribution in [2.75, 3.05) is 12.4 Å². The maximum atomic E-state index is 12.7. The predicted molar refractivity (Wildman–Crippen MR) is 57.3 cm³/mol. The van der Waals surface area contributed by atoms with Gasteiger partial charge in [-0.15, -0.1) is 0 Å². The molecule has 1 rings (SSSR count). The third-order valence-electron chi connectivity index (χ3n) is 2.27. The maximum absolute atomic E-state index is 12.7.